The smallest absolute Gasteiger partial charge is 0.215 e. The fraction of sp³-hybridized carbons (Fsp3) is 0.611. The Balaban J connectivity index is 0.00000625. The van der Waals surface area contributed by atoms with Crippen LogP contribution < -0.4 is 15.4 Å². The first-order chi connectivity index (χ1) is 11.8. The summed E-state index contributed by atoms with van der Waals surface area (Å²) in [7, 11) is -0.0832. The van der Waals surface area contributed by atoms with Crippen molar-refractivity contribution in [2.75, 3.05) is 14.1 Å². The van der Waals surface area contributed by atoms with Gasteiger partial charge in [-0.25, -0.2) is 13.1 Å². The van der Waals surface area contributed by atoms with Gasteiger partial charge >= 0.3 is 0 Å². The summed E-state index contributed by atoms with van der Waals surface area (Å²) < 4.78 is 25.7. The lowest BCUT2D eigenvalue weighted by Gasteiger charge is -2.19. The first-order valence-electron chi connectivity index (χ1n) is 8.72. The summed E-state index contributed by atoms with van der Waals surface area (Å²) in [6.07, 6.45) is 2.27. The Labute approximate surface area is 175 Å². The van der Waals surface area contributed by atoms with Crippen molar-refractivity contribution in [3.05, 3.63) is 35.4 Å². The number of rotatable bonds is 9. The van der Waals surface area contributed by atoms with E-state index in [-0.39, 0.29) is 29.7 Å². The summed E-state index contributed by atoms with van der Waals surface area (Å²) >= 11 is 0. The lowest BCUT2D eigenvalue weighted by Crippen LogP contribution is -2.41. The lowest BCUT2D eigenvalue weighted by atomic mass is 10.0. The predicted molar refractivity (Wildman–Crippen MR) is 120 cm³/mol. The van der Waals surface area contributed by atoms with E-state index in [1.807, 2.05) is 24.3 Å². The standard InChI is InChI=1S/C18H32N4O2S.HI/c1-14(2)9-10-15(3)22-18(19-4)21-12-16-7-6-8-17(11-16)13-25(23,24)20-5;/h6-8,11,14-15,20H,9-10,12-13H2,1-5H3,(H2,19,21,22);1H. The molecule has 150 valence electrons. The average molecular weight is 496 g/mol. The van der Waals surface area contributed by atoms with Gasteiger partial charge in [-0.2, -0.15) is 0 Å². The molecule has 1 aromatic rings. The van der Waals surface area contributed by atoms with Crippen LogP contribution in [-0.4, -0.2) is 34.5 Å². The van der Waals surface area contributed by atoms with Crippen LogP contribution in [0, 0.1) is 5.92 Å². The van der Waals surface area contributed by atoms with Crippen molar-refractivity contribution in [1.82, 2.24) is 15.4 Å². The second-order valence-corrected chi connectivity index (χ2v) is 8.65. The molecule has 1 aromatic carbocycles. The number of halogens is 1. The number of aliphatic imine (C=N–C) groups is 1. The molecule has 26 heavy (non-hydrogen) atoms. The van der Waals surface area contributed by atoms with E-state index in [0.717, 1.165) is 23.5 Å². The van der Waals surface area contributed by atoms with Crippen LogP contribution in [0.15, 0.2) is 29.3 Å². The summed E-state index contributed by atoms with van der Waals surface area (Å²) in [5.41, 5.74) is 1.78. The molecule has 0 spiro atoms. The van der Waals surface area contributed by atoms with Gasteiger partial charge in [0.15, 0.2) is 5.96 Å². The maximum Gasteiger partial charge on any atom is 0.215 e. The molecule has 0 aliphatic carbocycles. The van der Waals surface area contributed by atoms with Crippen molar-refractivity contribution < 1.29 is 8.42 Å². The first-order valence-corrected chi connectivity index (χ1v) is 10.4. The van der Waals surface area contributed by atoms with Crippen molar-refractivity contribution in [3.63, 3.8) is 0 Å². The Kier molecular flexibility index (Phi) is 12.1. The van der Waals surface area contributed by atoms with Gasteiger partial charge in [0.25, 0.3) is 0 Å². The van der Waals surface area contributed by atoms with E-state index in [1.54, 1.807) is 7.05 Å². The fourth-order valence-corrected chi connectivity index (χ4v) is 3.15. The van der Waals surface area contributed by atoms with E-state index >= 15 is 0 Å². The molecular formula is C18H33IN4O2S. The van der Waals surface area contributed by atoms with Crippen molar-refractivity contribution in [3.8, 4) is 0 Å². The largest absolute Gasteiger partial charge is 0.354 e. The number of guanidine groups is 1. The molecule has 1 unspecified atom stereocenters. The van der Waals surface area contributed by atoms with Gasteiger partial charge in [-0.3, -0.25) is 4.99 Å². The van der Waals surface area contributed by atoms with Crippen LogP contribution in [0.1, 0.15) is 44.7 Å². The molecule has 3 N–H and O–H groups in total. The van der Waals surface area contributed by atoms with Crippen LogP contribution >= 0.6 is 24.0 Å². The first kappa shape index (κ1) is 25.1. The van der Waals surface area contributed by atoms with Gasteiger partial charge in [0.1, 0.15) is 0 Å². The zero-order valence-electron chi connectivity index (χ0n) is 16.4. The highest BCUT2D eigenvalue weighted by Gasteiger charge is 2.09. The minimum atomic E-state index is -3.26. The van der Waals surface area contributed by atoms with Crippen LogP contribution in [0.3, 0.4) is 0 Å². The second kappa shape index (κ2) is 12.5. The lowest BCUT2D eigenvalue weighted by molar-refractivity contribution is 0.489. The minimum Gasteiger partial charge on any atom is -0.354 e. The molecule has 0 amide bonds. The van der Waals surface area contributed by atoms with Crippen molar-refractivity contribution in [2.24, 2.45) is 10.9 Å². The molecule has 0 saturated heterocycles. The number of hydrogen-bond acceptors (Lipinski definition) is 3. The van der Waals surface area contributed by atoms with Gasteiger partial charge in [-0.15, -0.1) is 24.0 Å². The second-order valence-electron chi connectivity index (χ2n) is 6.73. The highest BCUT2D eigenvalue weighted by Crippen LogP contribution is 2.09. The van der Waals surface area contributed by atoms with Crippen LogP contribution in [0.4, 0.5) is 0 Å². The quantitative estimate of drug-likeness (QED) is 0.279. The monoisotopic (exact) mass is 496 g/mol. The topological polar surface area (TPSA) is 82.6 Å². The molecule has 0 aromatic heterocycles. The summed E-state index contributed by atoms with van der Waals surface area (Å²) in [5, 5.41) is 6.67. The molecular weight excluding hydrogens is 463 g/mol. The Morgan fingerprint density at radius 2 is 1.81 bits per heavy atom. The molecule has 1 rings (SSSR count). The summed E-state index contributed by atoms with van der Waals surface area (Å²) in [6.45, 7) is 7.19. The van der Waals surface area contributed by atoms with E-state index in [4.69, 9.17) is 0 Å². The molecule has 1 atom stereocenters. The maximum absolute atomic E-state index is 11.7. The average Bonchev–Trinajstić information content (AvgIpc) is 2.56. The zero-order valence-corrected chi connectivity index (χ0v) is 19.5. The summed E-state index contributed by atoms with van der Waals surface area (Å²) in [6, 6.07) is 7.91. The summed E-state index contributed by atoms with van der Waals surface area (Å²) in [4.78, 5) is 4.25. The molecule has 8 heteroatoms. The Morgan fingerprint density at radius 1 is 1.15 bits per heavy atom. The number of hydrogen-bond donors (Lipinski definition) is 3. The molecule has 0 aliphatic heterocycles. The number of benzene rings is 1. The van der Waals surface area contributed by atoms with Gasteiger partial charge in [0, 0.05) is 19.6 Å². The van der Waals surface area contributed by atoms with E-state index in [2.05, 4.69) is 41.1 Å². The maximum atomic E-state index is 11.7. The van der Waals surface area contributed by atoms with Gasteiger partial charge < -0.3 is 10.6 Å². The molecule has 0 heterocycles. The molecule has 0 aliphatic rings. The molecule has 6 nitrogen and oxygen atoms in total. The van der Waals surface area contributed by atoms with Gasteiger partial charge in [-0.1, -0.05) is 38.1 Å². The highest BCUT2D eigenvalue weighted by atomic mass is 127. The van der Waals surface area contributed by atoms with Gasteiger partial charge in [-0.05, 0) is 43.9 Å². The van der Waals surface area contributed by atoms with Crippen molar-refractivity contribution in [2.45, 2.75) is 52.0 Å². The third kappa shape index (κ3) is 10.3. The van der Waals surface area contributed by atoms with Crippen LogP contribution in [0.5, 0.6) is 0 Å². The fourth-order valence-electron chi connectivity index (χ4n) is 2.39. The Hall–Kier alpha value is -0.870. The highest BCUT2D eigenvalue weighted by molar-refractivity contribution is 14.0. The van der Waals surface area contributed by atoms with E-state index < -0.39 is 10.0 Å². The third-order valence-electron chi connectivity index (χ3n) is 3.90. The van der Waals surface area contributed by atoms with Crippen LogP contribution in [0.2, 0.25) is 0 Å². The van der Waals surface area contributed by atoms with Gasteiger partial charge in [0.2, 0.25) is 10.0 Å². The molecule has 0 radical (unpaired) electrons. The number of sulfonamides is 1. The number of nitrogens with one attached hydrogen (secondary N) is 3. The van der Waals surface area contributed by atoms with Gasteiger partial charge in [0.05, 0.1) is 5.75 Å². The van der Waals surface area contributed by atoms with E-state index in [0.29, 0.717) is 18.5 Å². The number of nitrogens with zero attached hydrogens (tertiary/aromatic N) is 1. The molecule has 0 saturated carbocycles. The van der Waals surface area contributed by atoms with Crippen molar-refractivity contribution in [1.29, 1.82) is 0 Å². The van der Waals surface area contributed by atoms with Crippen LogP contribution in [-0.2, 0) is 22.3 Å². The van der Waals surface area contributed by atoms with E-state index in [9.17, 15) is 8.42 Å². The minimum absolute atomic E-state index is 0. The van der Waals surface area contributed by atoms with E-state index in [1.165, 1.54) is 13.5 Å². The van der Waals surface area contributed by atoms with Crippen LogP contribution in [0.25, 0.3) is 0 Å². The van der Waals surface area contributed by atoms with Crippen molar-refractivity contribution >= 4 is 40.0 Å². The normalized spacial score (nSPS) is 13.2. The third-order valence-corrected chi connectivity index (χ3v) is 5.24. The Morgan fingerprint density at radius 3 is 2.38 bits per heavy atom. The summed E-state index contributed by atoms with van der Waals surface area (Å²) in [5.74, 6) is 1.43. The SMILES string of the molecule is CN=C(NCc1cccc(CS(=O)(=O)NC)c1)NC(C)CCC(C)C.I. The predicted octanol–water partition coefficient (Wildman–Crippen LogP) is 2.84. The zero-order chi connectivity index (χ0) is 18.9. The Bertz CT molecular complexity index is 663. The molecule has 0 fully saturated rings. The molecule has 0 bridgehead atoms.